The highest BCUT2D eigenvalue weighted by atomic mass is 79.9. The number of alkyl halides is 4. The first-order chi connectivity index (χ1) is 5.95. The van der Waals surface area contributed by atoms with Crippen LogP contribution in [-0.2, 0) is 11.5 Å². The summed E-state index contributed by atoms with van der Waals surface area (Å²) in [6.45, 7) is 1.68. The minimum atomic E-state index is -4.31. The van der Waals surface area contributed by atoms with E-state index in [9.17, 15) is 13.2 Å². The number of aryl methyl sites for hydroxylation is 1. The molecule has 0 aliphatic carbocycles. The molecule has 0 bridgehead atoms. The zero-order chi connectivity index (χ0) is 10.1. The summed E-state index contributed by atoms with van der Waals surface area (Å²) in [4.78, 5) is 3.67. The van der Waals surface area contributed by atoms with Gasteiger partial charge in [-0.25, -0.2) is 0 Å². The Morgan fingerprint density at radius 3 is 2.54 bits per heavy atom. The van der Waals surface area contributed by atoms with Gasteiger partial charge in [0.05, 0.1) is 5.56 Å². The lowest BCUT2D eigenvalue weighted by atomic mass is 10.1. The van der Waals surface area contributed by atoms with E-state index in [-0.39, 0.29) is 0 Å². The van der Waals surface area contributed by atoms with Crippen LogP contribution in [0.4, 0.5) is 13.2 Å². The molecule has 0 unspecified atom stereocenters. The molecule has 13 heavy (non-hydrogen) atoms. The number of halogens is 4. The van der Waals surface area contributed by atoms with Crippen LogP contribution in [0.2, 0.25) is 0 Å². The van der Waals surface area contributed by atoms with E-state index in [0.717, 1.165) is 12.3 Å². The molecule has 1 aromatic rings. The molecule has 0 fully saturated rings. The van der Waals surface area contributed by atoms with Gasteiger partial charge in [-0.05, 0) is 18.6 Å². The van der Waals surface area contributed by atoms with Crippen molar-refractivity contribution in [2.24, 2.45) is 0 Å². The van der Waals surface area contributed by atoms with Crippen molar-refractivity contribution in [1.82, 2.24) is 4.98 Å². The van der Waals surface area contributed by atoms with Crippen molar-refractivity contribution < 1.29 is 13.2 Å². The summed E-state index contributed by atoms with van der Waals surface area (Å²) in [5.41, 5.74) is 0.479. The normalized spacial score (nSPS) is 11.8. The summed E-state index contributed by atoms with van der Waals surface area (Å²) >= 11 is 3.10. The van der Waals surface area contributed by atoms with Gasteiger partial charge in [0.15, 0.2) is 0 Å². The Balaban J connectivity index is 3.14. The molecular weight excluding hydrogens is 247 g/mol. The lowest BCUT2D eigenvalue weighted by Crippen LogP contribution is -2.07. The molecule has 1 rings (SSSR count). The van der Waals surface area contributed by atoms with Crippen molar-refractivity contribution in [3.63, 3.8) is 0 Å². The van der Waals surface area contributed by atoms with Gasteiger partial charge in [-0.1, -0.05) is 15.9 Å². The lowest BCUT2D eigenvalue weighted by molar-refractivity contribution is -0.137. The predicted molar refractivity (Wildman–Crippen MR) is 46.6 cm³/mol. The van der Waals surface area contributed by atoms with E-state index in [1.807, 2.05) is 0 Å². The number of nitrogens with zero attached hydrogens (tertiary/aromatic N) is 1. The van der Waals surface area contributed by atoms with Crippen molar-refractivity contribution in [2.75, 3.05) is 0 Å². The standard InChI is InChI=1S/C8H7BrF3N/c1-5-6(3-9)2-7(4-13-5)8(10,11)12/h2,4H,3H2,1H3. The van der Waals surface area contributed by atoms with Crippen LogP contribution in [0.3, 0.4) is 0 Å². The smallest absolute Gasteiger partial charge is 0.261 e. The molecule has 0 radical (unpaired) electrons. The number of pyridine rings is 1. The second-order valence-corrected chi connectivity index (χ2v) is 3.16. The number of aromatic nitrogens is 1. The van der Waals surface area contributed by atoms with Crippen molar-refractivity contribution in [3.05, 3.63) is 29.1 Å². The summed E-state index contributed by atoms with van der Waals surface area (Å²) in [6, 6.07) is 1.11. The monoisotopic (exact) mass is 253 g/mol. The molecule has 0 amide bonds. The van der Waals surface area contributed by atoms with E-state index in [1.54, 1.807) is 6.92 Å². The van der Waals surface area contributed by atoms with Crippen LogP contribution in [0, 0.1) is 6.92 Å². The van der Waals surface area contributed by atoms with Crippen LogP contribution in [0.5, 0.6) is 0 Å². The zero-order valence-corrected chi connectivity index (χ0v) is 8.41. The van der Waals surface area contributed by atoms with Gasteiger partial charge in [0.2, 0.25) is 0 Å². The Kier molecular flexibility index (Phi) is 2.95. The van der Waals surface area contributed by atoms with Gasteiger partial charge in [-0.3, -0.25) is 4.98 Å². The maximum absolute atomic E-state index is 12.2. The molecule has 5 heteroatoms. The third-order valence-corrected chi connectivity index (χ3v) is 2.27. The quantitative estimate of drug-likeness (QED) is 0.700. The molecule has 1 aromatic heterocycles. The highest BCUT2D eigenvalue weighted by Gasteiger charge is 2.31. The molecule has 0 aliphatic rings. The van der Waals surface area contributed by atoms with Gasteiger partial charge in [-0.2, -0.15) is 13.2 Å². The average molecular weight is 254 g/mol. The average Bonchev–Trinajstić information content (AvgIpc) is 2.03. The summed E-state index contributed by atoms with van der Waals surface area (Å²) in [5.74, 6) is 0. The third-order valence-electron chi connectivity index (χ3n) is 1.66. The predicted octanol–water partition coefficient (Wildman–Crippen LogP) is 3.30. The fourth-order valence-corrected chi connectivity index (χ4v) is 1.44. The molecule has 0 N–H and O–H groups in total. The van der Waals surface area contributed by atoms with Gasteiger partial charge >= 0.3 is 6.18 Å². The molecule has 0 aliphatic heterocycles. The van der Waals surface area contributed by atoms with Gasteiger partial charge < -0.3 is 0 Å². The van der Waals surface area contributed by atoms with E-state index < -0.39 is 11.7 Å². The molecule has 0 spiro atoms. The maximum atomic E-state index is 12.2. The van der Waals surface area contributed by atoms with E-state index in [0.29, 0.717) is 16.6 Å². The largest absolute Gasteiger partial charge is 0.417 e. The number of rotatable bonds is 1. The summed E-state index contributed by atoms with van der Waals surface area (Å²) < 4.78 is 36.5. The number of hydrogen-bond acceptors (Lipinski definition) is 1. The van der Waals surface area contributed by atoms with Crippen LogP contribution in [0.15, 0.2) is 12.3 Å². The summed E-state index contributed by atoms with van der Waals surface area (Å²) in [7, 11) is 0. The van der Waals surface area contributed by atoms with Crippen LogP contribution in [0.25, 0.3) is 0 Å². The Morgan fingerprint density at radius 1 is 1.46 bits per heavy atom. The Morgan fingerprint density at radius 2 is 2.08 bits per heavy atom. The fourth-order valence-electron chi connectivity index (χ4n) is 0.869. The first-order valence-electron chi connectivity index (χ1n) is 3.54. The second kappa shape index (κ2) is 3.65. The topological polar surface area (TPSA) is 12.9 Å². The van der Waals surface area contributed by atoms with Crippen LogP contribution >= 0.6 is 15.9 Å². The number of hydrogen-bond donors (Lipinski definition) is 0. The van der Waals surface area contributed by atoms with Crippen molar-refractivity contribution in [2.45, 2.75) is 18.4 Å². The molecule has 0 aromatic carbocycles. The Labute approximate surface area is 82.1 Å². The molecule has 0 saturated heterocycles. The summed E-state index contributed by atoms with van der Waals surface area (Å²) in [5, 5.41) is 0.385. The third kappa shape index (κ3) is 2.43. The molecule has 1 nitrogen and oxygen atoms in total. The minimum absolute atomic E-state index is 0.385. The lowest BCUT2D eigenvalue weighted by Gasteiger charge is -2.08. The fraction of sp³-hybridized carbons (Fsp3) is 0.375. The highest BCUT2D eigenvalue weighted by Crippen LogP contribution is 2.29. The van der Waals surface area contributed by atoms with Gasteiger partial charge in [0, 0.05) is 17.2 Å². The van der Waals surface area contributed by atoms with Crippen molar-refractivity contribution in [3.8, 4) is 0 Å². The van der Waals surface area contributed by atoms with E-state index in [2.05, 4.69) is 20.9 Å². The summed E-state index contributed by atoms with van der Waals surface area (Å²) in [6.07, 6.45) is -3.46. The van der Waals surface area contributed by atoms with Crippen molar-refractivity contribution >= 4 is 15.9 Å². The van der Waals surface area contributed by atoms with Gasteiger partial charge in [0.25, 0.3) is 0 Å². The first-order valence-corrected chi connectivity index (χ1v) is 4.66. The van der Waals surface area contributed by atoms with Crippen LogP contribution in [-0.4, -0.2) is 4.98 Å². The molecule has 1 heterocycles. The minimum Gasteiger partial charge on any atom is -0.261 e. The molecule has 72 valence electrons. The van der Waals surface area contributed by atoms with E-state index in [4.69, 9.17) is 0 Å². The molecule has 0 atom stereocenters. The molecular formula is C8H7BrF3N. The van der Waals surface area contributed by atoms with Gasteiger partial charge in [-0.15, -0.1) is 0 Å². The molecule has 0 saturated carbocycles. The van der Waals surface area contributed by atoms with Crippen LogP contribution < -0.4 is 0 Å². The van der Waals surface area contributed by atoms with E-state index >= 15 is 0 Å². The SMILES string of the molecule is Cc1ncc(C(F)(F)F)cc1CBr. The van der Waals surface area contributed by atoms with E-state index in [1.165, 1.54) is 0 Å². The van der Waals surface area contributed by atoms with Crippen molar-refractivity contribution in [1.29, 1.82) is 0 Å². The Hall–Kier alpha value is -0.580. The van der Waals surface area contributed by atoms with Crippen LogP contribution in [0.1, 0.15) is 16.8 Å². The highest BCUT2D eigenvalue weighted by molar-refractivity contribution is 9.08. The first kappa shape index (κ1) is 10.5. The zero-order valence-electron chi connectivity index (χ0n) is 6.82. The Bertz CT molecular complexity index is 309. The van der Waals surface area contributed by atoms with Gasteiger partial charge in [0.1, 0.15) is 0 Å². The maximum Gasteiger partial charge on any atom is 0.417 e. The second-order valence-electron chi connectivity index (χ2n) is 2.60.